The number of hydrogen-bond acceptors (Lipinski definition) is 6. The average Bonchev–Trinajstić information content (AvgIpc) is 2.47. The summed E-state index contributed by atoms with van der Waals surface area (Å²) in [5, 5.41) is 27.0. The van der Waals surface area contributed by atoms with Crippen molar-refractivity contribution in [2.75, 3.05) is 0 Å². The summed E-state index contributed by atoms with van der Waals surface area (Å²) in [7, 11) is 0. The number of carbonyl (C=O) groups excluding carboxylic acids is 2. The summed E-state index contributed by atoms with van der Waals surface area (Å²) < 4.78 is 0. The summed E-state index contributed by atoms with van der Waals surface area (Å²) in [4.78, 5) is 22.7. The number of ketones is 2. The van der Waals surface area contributed by atoms with Gasteiger partial charge in [-0.1, -0.05) is 0 Å². The first-order chi connectivity index (χ1) is 10.4. The van der Waals surface area contributed by atoms with Gasteiger partial charge >= 0.3 is 0 Å². The van der Waals surface area contributed by atoms with Crippen LogP contribution in [0.1, 0.15) is 34.6 Å². The highest BCUT2D eigenvalue weighted by atomic mass is 16.3. The number of hydrogen-bond donors (Lipinski definition) is 2. The molecule has 112 valence electrons. The Bertz CT molecular complexity index is 716. The highest BCUT2D eigenvalue weighted by molar-refractivity contribution is 5.98. The molecule has 0 spiro atoms. The van der Waals surface area contributed by atoms with Crippen molar-refractivity contribution in [3.05, 3.63) is 47.5 Å². The highest BCUT2D eigenvalue weighted by Crippen LogP contribution is 2.27. The predicted octanol–water partition coefficient (Wildman–Crippen LogP) is 3.92. The topological polar surface area (TPSA) is 99.3 Å². The molecule has 6 nitrogen and oxygen atoms in total. The first-order valence-corrected chi connectivity index (χ1v) is 6.48. The van der Waals surface area contributed by atoms with Crippen molar-refractivity contribution in [2.24, 2.45) is 10.2 Å². The number of benzene rings is 2. The Morgan fingerprint density at radius 1 is 0.773 bits per heavy atom. The zero-order valence-electron chi connectivity index (χ0n) is 12.1. The largest absolute Gasteiger partial charge is 0.507 e. The van der Waals surface area contributed by atoms with Crippen molar-refractivity contribution in [3.63, 3.8) is 0 Å². The van der Waals surface area contributed by atoms with Gasteiger partial charge in [-0.15, -0.1) is 0 Å². The molecule has 0 aromatic heterocycles. The second-order valence-electron chi connectivity index (χ2n) is 4.72. The van der Waals surface area contributed by atoms with Crippen LogP contribution in [0.2, 0.25) is 0 Å². The van der Waals surface area contributed by atoms with E-state index in [2.05, 4.69) is 10.2 Å². The number of azo groups is 1. The van der Waals surface area contributed by atoms with Gasteiger partial charge in [0.1, 0.15) is 11.5 Å². The van der Waals surface area contributed by atoms with Gasteiger partial charge in [-0.2, -0.15) is 10.2 Å². The third-order valence-electron chi connectivity index (χ3n) is 3.00. The van der Waals surface area contributed by atoms with Crippen LogP contribution in [0, 0.1) is 0 Å². The number of aromatic hydroxyl groups is 2. The number of rotatable bonds is 4. The van der Waals surface area contributed by atoms with Crippen LogP contribution >= 0.6 is 0 Å². The SMILES string of the molecule is CC(=O)c1cc(/N=N/c2ccc(O)c(C(C)=O)c2)ccc1O. The smallest absolute Gasteiger partial charge is 0.163 e. The Kier molecular flexibility index (Phi) is 4.31. The molecule has 0 atom stereocenters. The number of Topliss-reactive ketones (excluding diaryl/α,β-unsaturated/α-hetero) is 2. The Morgan fingerprint density at radius 3 is 1.45 bits per heavy atom. The molecule has 0 radical (unpaired) electrons. The first-order valence-electron chi connectivity index (χ1n) is 6.48. The second kappa shape index (κ2) is 6.17. The molecule has 0 aliphatic carbocycles. The molecule has 2 aromatic rings. The molecule has 0 fully saturated rings. The summed E-state index contributed by atoms with van der Waals surface area (Å²) in [6.07, 6.45) is 0. The molecule has 0 saturated heterocycles. The number of phenols is 2. The van der Waals surface area contributed by atoms with Crippen molar-refractivity contribution in [3.8, 4) is 11.5 Å². The van der Waals surface area contributed by atoms with Crippen LogP contribution in [0.4, 0.5) is 11.4 Å². The summed E-state index contributed by atoms with van der Waals surface area (Å²) in [5.74, 6) is -0.791. The monoisotopic (exact) mass is 298 g/mol. The summed E-state index contributed by atoms with van der Waals surface area (Å²) in [6, 6.07) is 8.60. The predicted molar refractivity (Wildman–Crippen MR) is 80.4 cm³/mol. The van der Waals surface area contributed by atoms with Gasteiger partial charge in [0.2, 0.25) is 0 Å². The summed E-state index contributed by atoms with van der Waals surface area (Å²) in [5.41, 5.74) is 1.10. The molecule has 0 unspecified atom stereocenters. The standard InChI is InChI=1S/C16H14N2O4/c1-9(19)13-7-11(3-5-15(13)21)17-18-12-4-6-16(22)14(8-12)10(2)20/h3-8,21-22H,1-2H3/b18-17+. The molecule has 22 heavy (non-hydrogen) atoms. The van der Waals surface area contributed by atoms with Gasteiger partial charge in [0.25, 0.3) is 0 Å². The molecule has 0 aliphatic rings. The first kappa shape index (κ1) is 15.4. The van der Waals surface area contributed by atoms with Gasteiger partial charge in [-0.05, 0) is 50.2 Å². The quantitative estimate of drug-likeness (QED) is 0.660. The molecular formula is C16H14N2O4. The minimum atomic E-state index is -0.280. The maximum Gasteiger partial charge on any atom is 0.163 e. The van der Waals surface area contributed by atoms with Crippen LogP contribution in [-0.4, -0.2) is 21.8 Å². The second-order valence-corrected chi connectivity index (χ2v) is 4.72. The molecule has 2 aromatic carbocycles. The lowest BCUT2D eigenvalue weighted by Gasteiger charge is -2.02. The Hall–Kier alpha value is -3.02. The van der Waals surface area contributed by atoms with E-state index in [0.717, 1.165) is 0 Å². The number of phenolic OH excluding ortho intramolecular Hbond substituents is 2. The molecule has 0 aliphatic heterocycles. The molecule has 0 bridgehead atoms. The van der Waals surface area contributed by atoms with Crippen molar-refractivity contribution < 1.29 is 19.8 Å². The van der Waals surface area contributed by atoms with E-state index in [1.807, 2.05) is 0 Å². The van der Waals surface area contributed by atoms with Crippen LogP contribution in [0.5, 0.6) is 11.5 Å². The van der Waals surface area contributed by atoms with Gasteiger partial charge < -0.3 is 10.2 Å². The van der Waals surface area contributed by atoms with Gasteiger partial charge in [-0.3, -0.25) is 9.59 Å². The van der Waals surface area contributed by atoms with E-state index in [4.69, 9.17) is 0 Å². The van der Waals surface area contributed by atoms with Crippen molar-refractivity contribution in [1.82, 2.24) is 0 Å². The van der Waals surface area contributed by atoms with Gasteiger partial charge in [0.05, 0.1) is 22.5 Å². The number of carbonyl (C=O) groups is 2. The lowest BCUT2D eigenvalue weighted by molar-refractivity contribution is 0.100. The fraction of sp³-hybridized carbons (Fsp3) is 0.125. The molecule has 2 rings (SSSR count). The van der Waals surface area contributed by atoms with E-state index in [9.17, 15) is 19.8 Å². The summed E-state index contributed by atoms with van der Waals surface area (Å²) >= 11 is 0. The van der Waals surface area contributed by atoms with Crippen LogP contribution < -0.4 is 0 Å². The van der Waals surface area contributed by atoms with Crippen molar-refractivity contribution in [1.29, 1.82) is 0 Å². The van der Waals surface area contributed by atoms with E-state index in [-0.39, 0.29) is 34.2 Å². The lowest BCUT2D eigenvalue weighted by atomic mass is 10.1. The van der Waals surface area contributed by atoms with Gasteiger partial charge in [0, 0.05) is 0 Å². The normalized spacial score (nSPS) is 10.8. The third kappa shape index (κ3) is 3.35. The van der Waals surface area contributed by atoms with Crippen molar-refractivity contribution in [2.45, 2.75) is 13.8 Å². The van der Waals surface area contributed by atoms with Crippen LogP contribution in [0.25, 0.3) is 0 Å². The van der Waals surface area contributed by atoms with Crippen molar-refractivity contribution >= 4 is 22.9 Å². The molecule has 2 N–H and O–H groups in total. The lowest BCUT2D eigenvalue weighted by Crippen LogP contribution is -1.92. The minimum absolute atomic E-state index is 0.116. The third-order valence-corrected chi connectivity index (χ3v) is 3.00. The van der Waals surface area contributed by atoms with E-state index in [1.165, 1.54) is 50.2 Å². The zero-order valence-corrected chi connectivity index (χ0v) is 12.1. The highest BCUT2D eigenvalue weighted by Gasteiger charge is 2.08. The number of nitrogens with zero attached hydrogens (tertiary/aromatic N) is 2. The fourth-order valence-corrected chi connectivity index (χ4v) is 1.85. The zero-order chi connectivity index (χ0) is 16.3. The molecule has 0 saturated carbocycles. The Morgan fingerprint density at radius 2 is 1.14 bits per heavy atom. The van der Waals surface area contributed by atoms with E-state index < -0.39 is 0 Å². The summed E-state index contributed by atoms with van der Waals surface area (Å²) in [6.45, 7) is 2.68. The van der Waals surface area contributed by atoms with Crippen LogP contribution in [0.3, 0.4) is 0 Å². The molecule has 0 heterocycles. The fourth-order valence-electron chi connectivity index (χ4n) is 1.85. The van der Waals surface area contributed by atoms with Crippen LogP contribution in [0.15, 0.2) is 46.6 Å². The van der Waals surface area contributed by atoms with Gasteiger partial charge in [0.15, 0.2) is 11.6 Å². The van der Waals surface area contributed by atoms with E-state index in [0.29, 0.717) is 11.4 Å². The van der Waals surface area contributed by atoms with Crippen LogP contribution in [-0.2, 0) is 0 Å². The Labute approximate surface area is 126 Å². The minimum Gasteiger partial charge on any atom is -0.507 e. The molecular weight excluding hydrogens is 284 g/mol. The maximum atomic E-state index is 11.4. The maximum absolute atomic E-state index is 11.4. The van der Waals surface area contributed by atoms with E-state index in [1.54, 1.807) is 0 Å². The Balaban J connectivity index is 2.33. The average molecular weight is 298 g/mol. The molecule has 0 amide bonds. The van der Waals surface area contributed by atoms with E-state index >= 15 is 0 Å². The molecule has 6 heteroatoms. The van der Waals surface area contributed by atoms with Gasteiger partial charge in [-0.25, -0.2) is 0 Å².